The van der Waals surface area contributed by atoms with E-state index < -0.39 is 60.2 Å². The summed E-state index contributed by atoms with van der Waals surface area (Å²) in [5.74, 6) is -3.43. The lowest BCUT2D eigenvalue weighted by atomic mass is 10.0. The van der Waals surface area contributed by atoms with Gasteiger partial charge in [0.1, 0.15) is 18.1 Å². The molecule has 1 aliphatic rings. The molecule has 0 saturated carbocycles. The van der Waals surface area contributed by atoms with Crippen LogP contribution in [0.1, 0.15) is 37.7 Å². The van der Waals surface area contributed by atoms with Crippen molar-refractivity contribution in [3.63, 3.8) is 0 Å². The van der Waals surface area contributed by atoms with Gasteiger partial charge in [-0.25, -0.2) is 4.79 Å². The van der Waals surface area contributed by atoms with Gasteiger partial charge in [-0.3, -0.25) is 19.2 Å². The summed E-state index contributed by atoms with van der Waals surface area (Å²) in [5, 5.41) is 23.3. The third-order valence-corrected chi connectivity index (χ3v) is 6.61. The van der Waals surface area contributed by atoms with Crippen LogP contribution in [-0.4, -0.2) is 87.5 Å². The maximum atomic E-state index is 13.6. The average molecular weight is 523 g/mol. The molecule has 2 rings (SSSR count). The molecular formula is C24H34N4O7S. The van der Waals surface area contributed by atoms with Crippen molar-refractivity contribution in [3.8, 4) is 0 Å². The van der Waals surface area contributed by atoms with Crippen LogP contribution in [0.25, 0.3) is 0 Å². The summed E-state index contributed by atoms with van der Waals surface area (Å²) in [5.41, 5.74) is 6.81. The fourth-order valence-corrected chi connectivity index (χ4v) is 4.49. The monoisotopic (exact) mass is 522 g/mol. The van der Waals surface area contributed by atoms with Crippen LogP contribution >= 0.6 is 11.8 Å². The number of benzene rings is 1. The van der Waals surface area contributed by atoms with Crippen molar-refractivity contribution in [1.82, 2.24) is 15.5 Å². The zero-order chi connectivity index (χ0) is 26.7. The molecule has 1 aliphatic heterocycles. The number of carbonyl (C=O) groups excluding carboxylic acids is 3. The molecule has 12 heteroatoms. The first-order chi connectivity index (χ1) is 17.1. The highest BCUT2D eigenvalue weighted by Crippen LogP contribution is 2.20. The van der Waals surface area contributed by atoms with Crippen molar-refractivity contribution >= 4 is 41.4 Å². The summed E-state index contributed by atoms with van der Waals surface area (Å²) in [4.78, 5) is 62.9. The van der Waals surface area contributed by atoms with Crippen LogP contribution in [-0.2, 0) is 30.4 Å². The van der Waals surface area contributed by atoms with Crippen LogP contribution < -0.4 is 16.4 Å². The Kier molecular flexibility index (Phi) is 11.7. The standard InChI is InChI=1S/C24H34N4O7S/c1-36-13-11-16(25)21(31)27-18(14-15-6-3-2-4-7-15)23(33)28-12-5-8-19(28)22(32)26-17(24(34)35)9-10-20(29)30/h2-4,6-7,16-19H,5,8-14,25H2,1H3,(H,26,32)(H,27,31)(H,29,30)(H,34,35). The molecule has 4 atom stereocenters. The molecule has 6 N–H and O–H groups in total. The number of amides is 3. The lowest BCUT2D eigenvalue weighted by molar-refractivity contribution is -0.145. The van der Waals surface area contributed by atoms with Crippen LogP contribution in [0.4, 0.5) is 0 Å². The SMILES string of the molecule is CSCCC(N)C(=O)NC(Cc1ccccc1)C(=O)N1CCCC1C(=O)NC(CCC(=O)O)C(=O)O. The summed E-state index contributed by atoms with van der Waals surface area (Å²) in [7, 11) is 0. The molecule has 3 amide bonds. The number of rotatable bonds is 14. The van der Waals surface area contributed by atoms with Crippen molar-refractivity contribution < 1.29 is 34.2 Å². The van der Waals surface area contributed by atoms with Crippen LogP contribution in [0.2, 0.25) is 0 Å². The largest absolute Gasteiger partial charge is 0.481 e. The Bertz CT molecular complexity index is 930. The van der Waals surface area contributed by atoms with Crippen molar-refractivity contribution in [2.24, 2.45) is 5.73 Å². The Balaban J connectivity index is 2.17. The second-order valence-electron chi connectivity index (χ2n) is 8.66. The predicted molar refractivity (Wildman–Crippen MR) is 134 cm³/mol. The molecule has 1 fully saturated rings. The Morgan fingerprint density at radius 3 is 2.39 bits per heavy atom. The van der Waals surface area contributed by atoms with Crippen molar-refractivity contribution in [1.29, 1.82) is 0 Å². The molecule has 1 saturated heterocycles. The number of nitrogens with zero attached hydrogens (tertiary/aromatic N) is 1. The van der Waals surface area contributed by atoms with E-state index in [-0.39, 0.29) is 19.4 Å². The molecule has 11 nitrogen and oxygen atoms in total. The van der Waals surface area contributed by atoms with E-state index in [0.29, 0.717) is 25.0 Å². The first kappa shape index (κ1) is 29.1. The molecule has 1 aromatic carbocycles. The van der Waals surface area contributed by atoms with Gasteiger partial charge < -0.3 is 31.5 Å². The number of nitrogens with one attached hydrogen (secondary N) is 2. The molecule has 0 aromatic heterocycles. The zero-order valence-electron chi connectivity index (χ0n) is 20.2. The van der Waals surface area contributed by atoms with E-state index in [1.54, 1.807) is 11.8 Å². The minimum absolute atomic E-state index is 0.196. The van der Waals surface area contributed by atoms with Crippen molar-refractivity contribution in [3.05, 3.63) is 35.9 Å². The van der Waals surface area contributed by atoms with Gasteiger partial charge in [0.25, 0.3) is 0 Å². The number of aliphatic carboxylic acids is 2. The number of carboxylic acid groups (broad SMARTS) is 2. The highest BCUT2D eigenvalue weighted by atomic mass is 32.2. The normalized spacial score (nSPS) is 17.6. The molecule has 0 bridgehead atoms. The number of likely N-dealkylation sites (tertiary alicyclic amines) is 1. The first-order valence-electron chi connectivity index (χ1n) is 11.8. The fraction of sp³-hybridized carbons (Fsp3) is 0.542. The molecule has 0 aliphatic carbocycles. The molecule has 36 heavy (non-hydrogen) atoms. The Labute approximate surface area is 214 Å². The topological polar surface area (TPSA) is 179 Å². The van der Waals surface area contributed by atoms with Gasteiger partial charge in [-0.1, -0.05) is 30.3 Å². The van der Waals surface area contributed by atoms with E-state index in [1.807, 2.05) is 36.6 Å². The molecule has 0 radical (unpaired) electrons. The van der Waals surface area contributed by atoms with Gasteiger partial charge >= 0.3 is 11.9 Å². The van der Waals surface area contributed by atoms with Crippen molar-refractivity contribution in [2.45, 2.75) is 62.7 Å². The molecule has 4 unspecified atom stereocenters. The second kappa shape index (κ2) is 14.4. The van der Waals surface area contributed by atoms with Crippen LogP contribution in [0.3, 0.4) is 0 Å². The Morgan fingerprint density at radius 2 is 1.78 bits per heavy atom. The molecule has 0 spiro atoms. The lowest BCUT2D eigenvalue weighted by Crippen LogP contribution is -2.57. The summed E-state index contributed by atoms with van der Waals surface area (Å²) in [6.07, 6.45) is 2.69. The van der Waals surface area contributed by atoms with E-state index in [0.717, 1.165) is 5.56 Å². The molecular weight excluding hydrogens is 488 g/mol. The van der Waals surface area contributed by atoms with Crippen LogP contribution in [0.5, 0.6) is 0 Å². The maximum Gasteiger partial charge on any atom is 0.326 e. The van der Waals surface area contributed by atoms with E-state index in [9.17, 15) is 29.1 Å². The van der Waals surface area contributed by atoms with Gasteiger partial charge in [0.2, 0.25) is 17.7 Å². The summed E-state index contributed by atoms with van der Waals surface area (Å²) < 4.78 is 0. The van der Waals surface area contributed by atoms with E-state index in [2.05, 4.69) is 10.6 Å². The van der Waals surface area contributed by atoms with Gasteiger partial charge in [-0.05, 0) is 43.3 Å². The highest BCUT2D eigenvalue weighted by Gasteiger charge is 2.39. The van der Waals surface area contributed by atoms with E-state index >= 15 is 0 Å². The number of carbonyl (C=O) groups is 5. The number of carboxylic acids is 2. The summed E-state index contributed by atoms with van der Waals surface area (Å²) in [6.45, 7) is 0.267. The maximum absolute atomic E-state index is 13.6. The van der Waals surface area contributed by atoms with Gasteiger partial charge in [0.15, 0.2) is 0 Å². The summed E-state index contributed by atoms with van der Waals surface area (Å²) >= 11 is 1.56. The summed E-state index contributed by atoms with van der Waals surface area (Å²) in [6, 6.07) is 5.06. The minimum Gasteiger partial charge on any atom is -0.481 e. The first-order valence-corrected chi connectivity index (χ1v) is 13.2. The number of hydrogen-bond donors (Lipinski definition) is 5. The molecule has 1 heterocycles. The van der Waals surface area contributed by atoms with Gasteiger partial charge in [0, 0.05) is 19.4 Å². The second-order valence-corrected chi connectivity index (χ2v) is 9.65. The fourth-order valence-electron chi connectivity index (χ4n) is 4.00. The third kappa shape index (κ3) is 8.83. The van der Waals surface area contributed by atoms with Gasteiger partial charge in [0.05, 0.1) is 6.04 Å². The van der Waals surface area contributed by atoms with Crippen LogP contribution in [0.15, 0.2) is 30.3 Å². The van der Waals surface area contributed by atoms with Gasteiger partial charge in [-0.2, -0.15) is 11.8 Å². The van der Waals surface area contributed by atoms with Crippen LogP contribution in [0, 0.1) is 0 Å². The van der Waals surface area contributed by atoms with E-state index in [1.165, 1.54) is 4.90 Å². The number of nitrogens with two attached hydrogens (primary N) is 1. The highest BCUT2D eigenvalue weighted by molar-refractivity contribution is 7.98. The molecule has 1 aromatic rings. The lowest BCUT2D eigenvalue weighted by Gasteiger charge is -2.30. The number of thioether (sulfide) groups is 1. The smallest absolute Gasteiger partial charge is 0.326 e. The number of hydrogen-bond acceptors (Lipinski definition) is 7. The zero-order valence-corrected chi connectivity index (χ0v) is 21.0. The average Bonchev–Trinajstić information content (AvgIpc) is 3.34. The van der Waals surface area contributed by atoms with E-state index in [4.69, 9.17) is 10.8 Å². The third-order valence-electron chi connectivity index (χ3n) is 5.97. The predicted octanol–water partition coefficient (Wildman–Crippen LogP) is 0.220. The van der Waals surface area contributed by atoms with Crippen molar-refractivity contribution in [2.75, 3.05) is 18.6 Å². The van der Waals surface area contributed by atoms with Gasteiger partial charge in [-0.15, -0.1) is 0 Å². The minimum atomic E-state index is -1.39. The Morgan fingerprint density at radius 1 is 1.08 bits per heavy atom. The Hall–Kier alpha value is -3.12. The quantitative estimate of drug-likeness (QED) is 0.228. The molecule has 198 valence electrons.